The van der Waals surface area contributed by atoms with Crippen LogP contribution in [0.2, 0.25) is 0 Å². The van der Waals surface area contributed by atoms with E-state index in [0.717, 1.165) is 24.3 Å². The van der Waals surface area contributed by atoms with Gasteiger partial charge in [0.2, 0.25) is 0 Å². The number of esters is 1. The first-order valence-corrected chi connectivity index (χ1v) is 10.2. The summed E-state index contributed by atoms with van der Waals surface area (Å²) in [6.07, 6.45) is 0. The van der Waals surface area contributed by atoms with Crippen LogP contribution >= 0.6 is 0 Å². The molecule has 1 aliphatic heterocycles. The van der Waals surface area contributed by atoms with E-state index in [1.807, 2.05) is 0 Å². The highest BCUT2D eigenvalue weighted by molar-refractivity contribution is 7.89. The van der Waals surface area contributed by atoms with Gasteiger partial charge in [0, 0.05) is 24.6 Å². The van der Waals surface area contributed by atoms with Crippen LogP contribution in [0, 0.1) is 16.0 Å². The number of sulfonamides is 1. The zero-order valence-electron chi connectivity index (χ0n) is 15.4. The first kappa shape index (κ1) is 20.5. The van der Waals surface area contributed by atoms with Crippen molar-refractivity contribution in [3.63, 3.8) is 0 Å². The van der Waals surface area contributed by atoms with Crippen LogP contribution in [0.15, 0.2) is 59.5 Å². The summed E-state index contributed by atoms with van der Waals surface area (Å²) in [5, 5.41) is 10.8. The summed E-state index contributed by atoms with van der Waals surface area (Å²) in [5.41, 5.74) is 0.364. The monoisotopic (exact) mass is 418 g/mol. The van der Waals surface area contributed by atoms with Crippen molar-refractivity contribution in [3.05, 3.63) is 70.3 Å². The van der Waals surface area contributed by atoms with E-state index in [1.54, 1.807) is 37.3 Å². The minimum absolute atomic E-state index is 0.0548. The van der Waals surface area contributed by atoms with Crippen molar-refractivity contribution in [2.75, 3.05) is 13.2 Å². The fraction of sp³-hybridized carbons (Fsp3) is 0.263. The molecule has 3 rings (SSSR count). The highest BCUT2D eigenvalue weighted by atomic mass is 32.2. The Hall–Kier alpha value is -3.27. The number of amides is 1. The van der Waals surface area contributed by atoms with E-state index in [9.17, 15) is 28.1 Å². The Labute approximate surface area is 167 Å². The molecule has 10 heteroatoms. The van der Waals surface area contributed by atoms with Crippen LogP contribution in [0.3, 0.4) is 0 Å². The lowest BCUT2D eigenvalue weighted by atomic mass is 9.89. The maximum absolute atomic E-state index is 13.0. The van der Waals surface area contributed by atoms with Gasteiger partial charge in [-0.1, -0.05) is 30.3 Å². The van der Waals surface area contributed by atoms with Crippen molar-refractivity contribution in [3.8, 4) is 0 Å². The minimum atomic E-state index is -4.30. The third-order valence-electron chi connectivity index (χ3n) is 4.68. The van der Waals surface area contributed by atoms with Gasteiger partial charge in [0.05, 0.1) is 16.4 Å². The predicted molar refractivity (Wildman–Crippen MR) is 101 cm³/mol. The van der Waals surface area contributed by atoms with E-state index >= 15 is 0 Å². The molecular weight excluding hydrogens is 400 g/mol. The molecular formula is C19H18N2O7S. The highest BCUT2D eigenvalue weighted by Gasteiger charge is 2.51. The van der Waals surface area contributed by atoms with Crippen molar-refractivity contribution < 1.29 is 27.7 Å². The minimum Gasteiger partial charge on any atom is -0.465 e. The molecule has 1 amide bonds. The molecule has 2 aromatic rings. The van der Waals surface area contributed by atoms with E-state index in [1.165, 1.54) is 0 Å². The summed E-state index contributed by atoms with van der Waals surface area (Å²) >= 11 is 0. The number of nitrogens with zero attached hydrogens (tertiary/aromatic N) is 2. The van der Waals surface area contributed by atoms with Gasteiger partial charge in [-0.25, -0.2) is 12.7 Å². The molecule has 0 radical (unpaired) electrons. The van der Waals surface area contributed by atoms with Crippen LogP contribution in [0.5, 0.6) is 0 Å². The molecule has 0 aliphatic carbocycles. The SMILES string of the molecule is CCOC(=O)[C@H]1C(=O)N(S(=O)(=O)c2ccc([N+](=O)[O-])cc2)C[C@@H]1c1ccccc1. The Kier molecular flexibility index (Phi) is 5.64. The number of benzene rings is 2. The van der Waals surface area contributed by atoms with Gasteiger partial charge in [0.15, 0.2) is 0 Å². The third-order valence-corrected chi connectivity index (χ3v) is 6.46. The van der Waals surface area contributed by atoms with Gasteiger partial charge in [-0.2, -0.15) is 0 Å². The molecule has 0 N–H and O–H groups in total. The van der Waals surface area contributed by atoms with Crippen LogP contribution in [-0.2, 0) is 24.3 Å². The number of carbonyl (C=O) groups excluding carboxylic acids is 2. The number of nitro benzene ring substituents is 1. The third kappa shape index (κ3) is 3.83. The van der Waals surface area contributed by atoms with Crippen molar-refractivity contribution in [2.24, 2.45) is 5.92 Å². The molecule has 0 bridgehead atoms. The van der Waals surface area contributed by atoms with Crippen LogP contribution in [-0.4, -0.2) is 42.7 Å². The summed E-state index contributed by atoms with van der Waals surface area (Å²) in [4.78, 5) is 35.2. The summed E-state index contributed by atoms with van der Waals surface area (Å²) in [5.74, 6) is -3.65. The zero-order valence-corrected chi connectivity index (χ0v) is 16.2. The van der Waals surface area contributed by atoms with Gasteiger partial charge in [-0.3, -0.25) is 19.7 Å². The second kappa shape index (κ2) is 8.00. The Morgan fingerprint density at radius 2 is 1.79 bits per heavy atom. The molecule has 0 spiro atoms. The molecule has 1 aliphatic rings. The van der Waals surface area contributed by atoms with Gasteiger partial charge in [-0.05, 0) is 24.6 Å². The normalized spacial score (nSPS) is 19.2. The van der Waals surface area contributed by atoms with Crippen LogP contribution < -0.4 is 0 Å². The standard InChI is InChI=1S/C19H18N2O7S/c1-2-28-19(23)17-16(13-6-4-3-5-7-13)12-20(18(17)22)29(26,27)15-10-8-14(9-11-15)21(24)25/h3-11,16-17H,2,12H2,1H3/t16-,17-/m1/s1. The average molecular weight is 418 g/mol. The summed E-state index contributed by atoms with van der Waals surface area (Å²) in [6.45, 7) is 1.42. The predicted octanol–water partition coefficient (Wildman–Crippen LogP) is 2.09. The van der Waals surface area contributed by atoms with Crippen molar-refractivity contribution in [1.82, 2.24) is 4.31 Å². The van der Waals surface area contributed by atoms with Crippen molar-refractivity contribution in [1.29, 1.82) is 0 Å². The van der Waals surface area contributed by atoms with E-state index < -0.39 is 38.7 Å². The molecule has 0 saturated carbocycles. The van der Waals surface area contributed by atoms with Gasteiger partial charge in [0.1, 0.15) is 5.92 Å². The number of nitro groups is 1. The number of carbonyl (C=O) groups is 2. The van der Waals surface area contributed by atoms with E-state index in [2.05, 4.69) is 0 Å². The van der Waals surface area contributed by atoms with Gasteiger partial charge >= 0.3 is 5.97 Å². The van der Waals surface area contributed by atoms with Gasteiger partial charge in [-0.15, -0.1) is 0 Å². The first-order valence-electron chi connectivity index (χ1n) is 8.80. The van der Waals surface area contributed by atoms with Crippen LogP contribution in [0.4, 0.5) is 5.69 Å². The number of ether oxygens (including phenoxy) is 1. The summed E-state index contributed by atoms with van der Waals surface area (Å²) < 4.78 is 31.7. The molecule has 29 heavy (non-hydrogen) atoms. The van der Waals surface area contributed by atoms with E-state index in [0.29, 0.717) is 9.87 Å². The molecule has 1 heterocycles. The molecule has 152 valence electrons. The van der Waals surface area contributed by atoms with Crippen molar-refractivity contribution >= 4 is 27.6 Å². The van der Waals surface area contributed by atoms with E-state index in [-0.39, 0.29) is 23.7 Å². The lowest BCUT2D eigenvalue weighted by molar-refractivity contribution is -0.384. The van der Waals surface area contributed by atoms with Crippen molar-refractivity contribution in [2.45, 2.75) is 17.7 Å². The Bertz CT molecular complexity index is 1040. The maximum Gasteiger partial charge on any atom is 0.319 e. The smallest absolute Gasteiger partial charge is 0.319 e. The van der Waals surface area contributed by atoms with Gasteiger partial charge < -0.3 is 4.74 Å². The largest absolute Gasteiger partial charge is 0.465 e. The zero-order chi connectivity index (χ0) is 21.2. The van der Waals surface area contributed by atoms with E-state index in [4.69, 9.17) is 4.74 Å². The number of hydrogen-bond donors (Lipinski definition) is 0. The Morgan fingerprint density at radius 3 is 2.34 bits per heavy atom. The van der Waals surface area contributed by atoms with Gasteiger partial charge in [0.25, 0.3) is 21.6 Å². The molecule has 0 aromatic heterocycles. The Balaban J connectivity index is 1.99. The maximum atomic E-state index is 13.0. The molecule has 2 aromatic carbocycles. The fourth-order valence-corrected chi connectivity index (χ4v) is 4.72. The lowest BCUT2D eigenvalue weighted by Crippen LogP contribution is -2.36. The second-order valence-electron chi connectivity index (χ2n) is 6.37. The van der Waals surface area contributed by atoms with Crippen LogP contribution in [0.1, 0.15) is 18.4 Å². The van der Waals surface area contributed by atoms with Crippen LogP contribution in [0.25, 0.3) is 0 Å². The molecule has 0 unspecified atom stereocenters. The molecule has 9 nitrogen and oxygen atoms in total. The fourth-order valence-electron chi connectivity index (χ4n) is 3.28. The Morgan fingerprint density at radius 1 is 1.17 bits per heavy atom. The quantitative estimate of drug-likeness (QED) is 0.304. The highest BCUT2D eigenvalue weighted by Crippen LogP contribution is 2.37. The molecule has 1 fully saturated rings. The summed E-state index contributed by atoms with van der Waals surface area (Å²) in [6, 6.07) is 12.9. The molecule has 2 atom stereocenters. The number of rotatable bonds is 6. The first-order chi connectivity index (χ1) is 13.8. The lowest BCUT2D eigenvalue weighted by Gasteiger charge is -2.17. The average Bonchev–Trinajstić information content (AvgIpc) is 3.07. The number of hydrogen-bond acceptors (Lipinski definition) is 7. The second-order valence-corrected chi connectivity index (χ2v) is 8.23. The topological polar surface area (TPSA) is 124 Å². The molecule has 1 saturated heterocycles. The number of non-ortho nitro benzene ring substituents is 1. The summed E-state index contributed by atoms with van der Waals surface area (Å²) in [7, 11) is -4.30.